The Balaban J connectivity index is 0.000000166. The molecule has 0 bridgehead atoms. The highest BCUT2D eigenvalue weighted by Gasteiger charge is 2.13. The van der Waals surface area contributed by atoms with Gasteiger partial charge in [0, 0.05) is 56.4 Å². The van der Waals surface area contributed by atoms with Crippen molar-refractivity contribution in [3.05, 3.63) is 301 Å². The van der Waals surface area contributed by atoms with Gasteiger partial charge in [-0.25, -0.2) is 0 Å². The van der Waals surface area contributed by atoms with Crippen LogP contribution in [0.4, 0.5) is 34.1 Å². The number of hydrogen-bond donors (Lipinski definition) is 0. The molecular weight excluding hydrogens is 797 g/mol. The molecule has 0 aliphatic carbocycles. The van der Waals surface area contributed by atoms with E-state index in [0.29, 0.717) is 0 Å². The summed E-state index contributed by atoms with van der Waals surface area (Å²) in [5, 5.41) is 0. The van der Waals surface area contributed by atoms with Crippen molar-refractivity contribution in [3.63, 3.8) is 0 Å². The molecule has 0 spiro atoms. The Hall–Kier alpha value is -9.08. The molecule has 10 rings (SSSR count). The van der Waals surface area contributed by atoms with E-state index in [1.54, 1.807) is 0 Å². The van der Waals surface area contributed by atoms with Crippen LogP contribution < -0.4 is 9.80 Å². The first-order chi connectivity index (χ1) is 32.7. The summed E-state index contributed by atoms with van der Waals surface area (Å²) < 4.78 is 0. The second kappa shape index (κ2) is 21.3. The number of hydrogen-bond acceptors (Lipinski definition) is 2. The third-order valence-electron chi connectivity index (χ3n) is 11.0. The van der Waals surface area contributed by atoms with E-state index in [0.717, 1.165) is 56.4 Å². The minimum absolute atomic E-state index is 0.993. The zero-order valence-electron chi connectivity index (χ0n) is 36.5. The van der Waals surface area contributed by atoms with Crippen LogP contribution in [0.1, 0.15) is 22.3 Å². The van der Waals surface area contributed by atoms with Crippen LogP contribution in [0.2, 0.25) is 0 Å². The molecule has 0 aliphatic rings. The van der Waals surface area contributed by atoms with E-state index >= 15 is 0 Å². The average molecular weight is 843 g/mol. The van der Waals surface area contributed by atoms with Crippen LogP contribution in [0, 0.1) is 23.7 Å². The van der Waals surface area contributed by atoms with Crippen LogP contribution in [-0.4, -0.2) is 0 Å². The molecule has 0 unspecified atom stereocenters. The monoisotopic (exact) mass is 842 g/mol. The number of rotatable bonds is 8. The van der Waals surface area contributed by atoms with Gasteiger partial charge in [-0.05, 0) is 144 Å². The Morgan fingerprint density at radius 1 is 0.167 bits per heavy atom. The molecule has 0 fully saturated rings. The lowest BCUT2D eigenvalue weighted by atomic mass is 10.0. The van der Waals surface area contributed by atoms with E-state index in [1.807, 2.05) is 36.4 Å². The highest BCUT2D eigenvalue weighted by atomic mass is 15.1. The van der Waals surface area contributed by atoms with Gasteiger partial charge in [-0.1, -0.05) is 181 Å². The first kappa shape index (κ1) is 42.2. The molecule has 10 aromatic rings. The van der Waals surface area contributed by atoms with E-state index in [2.05, 4.69) is 276 Å². The zero-order chi connectivity index (χ0) is 44.6. The standard InChI is InChI=1S/2C32H23N/c2*1-4-10-28(11-5-1)29-22-18-26(19-23-29)16-17-27-20-24-32(25-21-27)33(30-12-6-2-7-13-30)31-14-8-3-9-15-31/h2*1-15,18-25H. The molecule has 0 N–H and O–H groups in total. The molecule has 0 aromatic heterocycles. The van der Waals surface area contributed by atoms with E-state index < -0.39 is 0 Å². The molecule has 2 heteroatoms. The number of anilines is 6. The molecule has 0 aliphatic heterocycles. The summed E-state index contributed by atoms with van der Waals surface area (Å²) in [6.07, 6.45) is 0. The Morgan fingerprint density at radius 3 is 0.591 bits per heavy atom. The van der Waals surface area contributed by atoms with Gasteiger partial charge in [-0.3, -0.25) is 0 Å². The van der Waals surface area contributed by atoms with Crippen molar-refractivity contribution in [2.45, 2.75) is 0 Å². The molecular formula is C64H46N2. The topological polar surface area (TPSA) is 6.48 Å². The van der Waals surface area contributed by atoms with Crippen molar-refractivity contribution in [1.29, 1.82) is 0 Å². The maximum Gasteiger partial charge on any atom is 0.0462 e. The van der Waals surface area contributed by atoms with Gasteiger partial charge in [0.1, 0.15) is 0 Å². The lowest BCUT2D eigenvalue weighted by molar-refractivity contribution is 1.28. The number of benzene rings is 10. The molecule has 312 valence electrons. The van der Waals surface area contributed by atoms with Crippen molar-refractivity contribution >= 4 is 34.1 Å². The molecule has 0 radical (unpaired) electrons. The fourth-order valence-electron chi connectivity index (χ4n) is 7.63. The molecule has 10 aromatic carbocycles. The predicted octanol–water partition coefficient (Wildman–Crippen LogP) is 16.4. The first-order valence-corrected chi connectivity index (χ1v) is 22.1. The van der Waals surface area contributed by atoms with Crippen molar-refractivity contribution < 1.29 is 0 Å². The van der Waals surface area contributed by atoms with Crippen molar-refractivity contribution in [3.8, 4) is 45.9 Å². The molecule has 0 amide bonds. The highest BCUT2D eigenvalue weighted by Crippen LogP contribution is 2.35. The Morgan fingerprint density at radius 2 is 0.348 bits per heavy atom. The fraction of sp³-hybridized carbons (Fsp3) is 0. The summed E-state index contributed by atoms with van der Waals surface area (Å²) in [6.45, 7) is 0. The van der Waals surface area contributed by atoms with Gasteiger partial charge in [0.05, 0.1) is 0 Å². The van der Waals surface area contributed by atoms with Crippen LogP contribution in [0.3, 0.4) is 0 Å². The lowest BCUT2D eigenvalue weighted by Crippen LogP contribution is -2.09. The van der Waals surface area contributed by atoms with Crippen LogP contribution in [0.25, 0.3) is 22.3 Å². The third kappa shape index (κ3) is 10.9. The van der Waals surface area contributed by atoms with Gasteiger partial charge < -0.3 is 9.80 Å². The van der Waals surface area contributed by atoms with Crippen molar-refractivity contribution in [2.24, 2.45) is 0 Å². The molecule has 0 atom stereocenters. The van der Waals surface area contributed by atoms with Gasteiger partial charge in [-0.15, -0.1) is 0 Å². The maximum absolute atomic E-state index is 3.30. The Kier molecular flexibility index (Phi) is 13.6. The van der Waals surface area contributed by atoms with E-state index in [4.69, 9.17) is 0 Å². The minimum atomic E-state index is 0.993. The second-order valence-electron chi connectivity index (χ2n) is 15.5. The van der Waals surface area contributed by atoms with Crippen LogP contribution >= 0.6 is 0 Å². The van der Waals surface area contributed by atoms with Crippen LogP contribution in [0.15, 0.2) is 279 Å². The SMILES string of the molecule is C(#Cc1ccc(N(c2ccccc2)c2ccccc2)cc1)c1ccc(-c2ccccc2)cc1.C(#Cc1ccc(N(c2ccccc2)c2ccccc2)cc1)c1ccc(-c2ccccc2)cc1. The van der Waals surface area contributed by atoms with E-state index in [1.165, 1.54) is 22.3 Å². The van der Waals surface area contributed by atoms with Crippen LogP contribution in [-0.2, 0) is 0 Å². The Labute approximate surface area is 389 Å². The molecule has 0 saturated heterocycles. The summed E-state index contributed by atoms with van der Waals surface area (Å²) in [4.78, 5) is 4.50. The number of nitrogens with zero attached hydrogens (tertiary/aromatic N) is 2. The molecule has 2 nitrogen and oxygen atoms in total. The van der Waals surface area contributed by atoms with Gasteiger partial charge in [0.2, 0.25) is 0 Å². The van der Waals surface area contributed by atoms with Gasteiger partial charge in [0.25, 0.3) is 0 Å². The van der Waals surface area contributed by atoms with Crippen molar-refractivity contribution in [2.75, 3.05) is 9.80 Å². The summed E-state index contributed by atoms with van der Waals surface area (Å²) in [5.74, 6) is 13.2. The summed E-state index contributed by atoms with van der Waals surface area (Å²) in [7, 11) is 0. The predicted molar refractivity (Wildman–Crippen MR) is 278 cm³/mol. The normalized spacial score (nSPS) is 10.2. The molecule has 0 saturated carbocycles. The van der Waals surface area contributed by atoms with E-state index in [-0.39, 0.29) is 0 Å². The van der Waals surface area contributed by atoms with Gasteiger partial charge >= 0.3 is 0 Å². The largest absolute Gasteiger partial charge is 0.311 e. The highest BCUT2D eigenvalue weighted by molar-refractivity contribution is 5.78. The van der Waals surface area contributed by atoms with Gasteiger partial charge in [-0.2, -0.15) is 0 Å². The quantitative estimate of drug-likeness (QED) is 0.141. The van der Waals surface area contributed by atoms with Gasteiger partial charge in [0.15, 0.2) is 0 Å². The summed E-state index contributed by atoms with van der Waals surface area (Å²) >= 11 is 0. The van der Waals surface area contributed by atoms with Crippen LogP contribution in [0.5, 0.6) is 0 Å². The number of para-hydroxylation sites is 4. The molecule has 0 heterocycles. The lowest BCUT2D eigenvalue weighted by Gasteiger charge is -2.25. The zero-order valence-corrected chi connectivity index (χ0v) is 36.5. The van der Waals surface area contributed by atoms with Crippen molar-refractivity contribution in [1.82, 2.24) is 0 Å². The minimum Gasteiger partial charge on any atom is -0.311 e. The Bertz CT molecular complexity index is 2870. The smallest absolute Gasteiger partial charge is 0.0462 e. The molecule has 66 heavy (non-hydrogen) atoms. The first-order valence-electron chi connectivity index (χ1n) is 22.1. The summed E-state index contributed by atoms with van der Waals surface area (Å²) in [5.41, 5.74) is 15.5. The average Bonchev–Trinajstić information content (AvgIpc) is 3.41. The maximum atomic E-state index is 3.30. The fourth-order valence-corrected chi connectivity index (χ4v) is 7.63. The third-order valence-corrected chi connectivity index (χ3v) is 11.0. The summed E-state index contributed by atoms with van der Waals surface area (Å²) in [6, 6.07) is 96.1. The second-order valence-corrected chi connectivity index (χ2v) is 15.5. The van der Waals surface area contributed by atoms with E-state index in [9.17, 15) is 0 Å².